The number of ether oxygens (including phenoxy) is 1. The second-order valence-corrected chi connectivity index (χ2v) is 5.28. The Morgan fingerprint density at radius 3 is 2.87 bits per heavy atom. The number of aliphatic carboxylic acids is 1. The largest absolute Gasteiger partial charge is 0.479 e. The summed E-state index contributed by atoms with van der Waals surface area (Å²) in [6.07, 6.45) is -2.90. The van der Waals surface area contributed by atoms with Gasteiger partial charge in [0.05, 0.1) is 6.33 Å². The molecule has 1 aliphatic heterocycles. The highest BCUT2D eigenvalue weighted by molar-refractivity contribution is 6.35. The number of imidazole rings is 1. The van der Waals surface area contributed by atoms with Crippen molar-refractivity contribution in [1.29, 1.82) is 0 Å². The van der Waals surface area contributed by atoms with Crippen LogP contribution in [0.15, 0.2) is 11.4 Å². The van der Waals surface area contributed by atoms with Gasteiger partial charge in [0.15, 0.2) is 23.1 Å². The minimum Gasteiger partial charge on any atom is -0.479 e. The molecular formula is C10H7Cl2N7O4. The number of hydrogen-bond acceptors (Lipinski definition) is 7. The van der Waals surface area contributed by atoms with E-state index in [9.17, 15) is 9.90 Å². The summed E-state index contributed by atoms with van der Waals surface area (Å²) in [7, 11) is 0. The zero-order valence-electron chi connectivity index (χ0n) is 11.0. The van der Waals surface area contributed by atoms with Crippen LogP contribution < -0.4 is 0 Å². The molecule has 0 spiro atoms. The molecule has 0 radical (unpaired) electrons. The van der Waals surface area contributed by atoms with Gasteiger partial charge in [0.2, 0.25) is 5.28 Å². The number of fused-ring (bicyclic) bond motifs is 1. The van der Waals surface area contributed by atoms with Crippen LogP contribution in [-0.2, 0) is 9.53 Å². The quantitative estimate of drug-likeness (QED) is 0.273. The van der Waals surface area contributed by atoms with Crippen LogP contribution in [0.25, 0.3) is 21.6 Å². The Labute approximate surface area is 137 Å². The van der Waals surface area contributed by atoms with Crippen LogP contribution in [0, 0.1) is 0 Å². The first-order valence-electron chi connectivity index (χ1n) is 6.10. The van der Waals surface area contributed by atoms with Crippen molar-refractivity contribution < 1.29 is 19.7 Å². The lowest BCUT2D eigenvalue weighted by molar-refractivity contribution is -0.152. The molecule has 0 bridgehead atoms. The first-order chi connectivity index (χ1) is 10.9. The molecule has 1 aliphatic rings. The number of nitrogens with zero attached hydrogens (tertiary/aromatic N) is 7. The van der Waals surface area contributed by atoms with Crippen LogP contribution in [-0.4, -0.2) is 54.0 Å². The van der Waals surface area contributed by atoms with Gasteiger partial charge in [-0.05, 0) is 17.1 Å². The molecule has 23 heavy (non-hydrogen) atoms. The van der Waals surface area contributed by atoms with Crippen molar-refractivity contribution in [2.45, 2.75) is 24.5 Å². The topological polar surface area (TPSA) is 159 Å². The maximum Gasteiger partial charge on any atom is 0.333 e. The minimum atomic E-state index is -1.52. The molecule has 13 heteroatoms. The number of carboxylic acids is 1. The number of hydrogen-bond donors (Lipinski definition) is 2. The maximum absolute atomic E-state index is 11.2. The molecule has 2 aromatic heterocycles. The molecule has 0 saturated carbocycles. The number of aromatic nitrogens is 4. The average molecular weight is 360 g/mol. The van der Waals surface area contributed by atoms with Gasteiger partial charge in [-0.1, -0.05) is 16.7 Å². The third-order valence-corrected chi connectivity index (χ3v) is 3.72. The molecule has 0 aromatic carbocycles. The van der Waals surface area contributed by atoms with Crippen LogP contribution in [0.1, 0.15) is 6.23 Å². The fourth-order valence-electron chi connectivity index (χ4n) is 2.33. The summed E-state index contributed by atoms with van der Waals surface area (Å²) in [5.41, 5.74) is 8.87. The van der Waals surface area contributed by atoms with Crippen LogP contribution >= 0.6 is 23.2 Å². The summed E-state index contributed by atoms with van der Waals surface area (Å²) in [4.78, 5) is 25.4. The smallest absolute Gasteiger partial charge is 0.333 e. The van der Waals surface area contributed by atoms with Gasteiger partial charge in [-0.3, -0.25) is 4.57 Å². The Hall–Kier alpha value is -2.17. The number of halogens is 2. The van der Waals surface area contributed by atoms with E-state index in [0.29, 0.717) is 0 Å². The number of carboxylic acid groups (broad SMARTS) is 1. The van der Waals surface area contributed by atoms with Gasteiger partial charge >= 0.3 is 5.97 Å². The van der Waals surface area contributed by atoms with E-state index in [-0.39, 0.29) is 21.6 Å². The lowest BCUT2D eigenvalue weighted by Crippen LogP contribution is -2.34. The van der Waals surface area contributed by atoms with E-state index in [1.165, 1.54) is 10.9 Å². The molecule has 0 aliphatic carbocycles. The highest BCUT2D eigenvalue weighted by Gasteiger charge is 2.48. The van der Waals surface area contributed by atoms with E-state index in [2.05, 4.69) is 25.0 Å². The van der Waals surface area contributed by atoms with Gasteiger partial charge in [0, 0.05) is 4.91 Å². The number of aliphatic hydroxyl groups is 1. The molecule has 11 nitrogen and oxygen atoms in total. The molecule has 1 fully saturated rings. The summed E-state index contributed by atoms with van der Waals surface area (Å²) in [6.45, 7) is 0. The Morgan fingerprint density at radius 1 is 1.48 bits per heavy atom. The molecule has 0 unspecified atom stereocenters. The highest BCUT2D eigenvalue weighted by Crippen LogP contribution is 2.34. The lowest BCUT2D eigenvalue weighted by atomic mass is 10.1. The Balaban J connectivity index is 2.08. The van der Waals surface area contributed by atoms with Crippen LogP contribution in [0.4, 0.5) is 0 Å². The van der Waals surface area contributed by atoms with Crippen molar-refractivity contribution in [3.05, 3.63) is 27.2 Å². The fraction of sp³-hybridized carbons (Fsp3) is 0.400. The molecule has 2 aromatic rings. The van der Waals surface area contributed by atoms with Gasteiger partial charge in [-0.25, -0.2) is 14.8 Å². The van der Waals surface area contributed by atoms with Crippen molar-refractivity contribution >= 4 is 40.3 Å². The Morgan fingerprint density at radius 2 is 2.22 bits per heavy atom. The summed E-state index contributed by atoms with van der Waals surface area (Å²) >= 11 is 11.6. The first-order valence-corrected chi connectivity index (χ1v) is 6.85. The standard InChI is InChI=1S/C10H7Cl2N7O4/c11-6-3-7(16-10(12)15-6)19(1-14-3)8-4(20)2(17-18-13)5(23-8)9(21)22/h1-2,4-5,8,20H,(H,21,22)/t2-,4+,5-,8+/m0/s1. The molecular weight excluding hydrogens is 353 g/mol. The van der Waals surface area contributed by atoms with Crippen LogP contribution in [0.3, 0.4) is 0 Å². The van der Waals surface area contributed by atoms with E-state index in [1.807, 2.05) is 0 Å². The fourth-order valence-corrected chi connectivity index (χ4v) is 2.75. The van der Waals surface area contributed by atoms with Gasteiger partial charge in [0.1, 0.15) is 17.7 Å². The zero-order valence-corrected chi connectivity index (χ0v) is 12.5. The van der Waals surface area contributed by atoms with E-state index < -0.39 is 30.4 Å². The monoisotopic (exact) mass is 359 g/mol. The van der Waals surface area contributed by atoms with E-state index in [4.69, 9.17) is 38.6 Å². The van der Waals surface area contributed by atoms with Gasteiger partial charge < -0.3 is 14.9 Å². The molecule has 3 rings (SSSR count). The van der Waals surface area contributed by atoms with Crippen LogP contribution in [0.5, 0.6) is 0 Å². The van der Waals surface area contributed by atoms with E-state index >= 15 is 0 Å². The summed E-state index contributed by atoms with van der Waals surface area (Å²) in [6, 6.07) is -1.31. The van der Waals surface area contributed by atoms with E-state index in [1.54, 1.807) is 0 Å². The summed E-state index contributed by atoms with van der Waals surface area (Å²) in [5.74, 6) is -1.38. The van der Waals surface area contributed by atoms with Crippen molar-refractivity contribution in [1.82, 2.24) is 19.5 Å². The number of rotatable bonds is 3. The summed E-state index contributed by atoms with van der Waals surface area (Å²) in [5, 5.41) is 22.5. The van der Waals surface area contributed by atoms with Crippen LogP contribution in [0.2, 0.25) is 10.4 Å². The van der Waals surface area contributed by atoms with Crippen molar-refractivity contribution in [3.8, 4) is 0 Å². The SMILES string of the molecule is [N-]=[N+]=N[C@H]1[C@@H](O)[C@H](n2cnc3c(Cl)nc(Cl)nc32)O[C@@H]1C(=O)O. The molecule has 0 amide bonds. The molecule has 3 heterocycles. The minimum absolute atomic E-state index is 0.00684. The third-order valence-electron chi connectivity index (χ3n) is 3.29. The van der Waals surface area contributed by atoms with Crippen molar-refractivity contribution in [3.63, 3.8) is 0 Å². The van der Waals surface area contributed by atoms with Gasteiger partial charge in [-0.15, -0.1) is 0 Å². The molecule has 2 N–H and O–H groups in total. The van der Waals surface area contributed by atoms with Gasteiger partial charge in [-0.2, -0.15) is 4.98 Å². The molecule has 120 valence electrons. The number of carbonyl (C=O) groups is 1. The normalized spacial score (nSPS) is 27.1. The molecule has 4 atom stereocenters. The van der Waals surface area contributed by atoms with E-state index in [0.717, 1.165) is 0 Å². The Bertz CT molecular complexity index is 836. The lowest BCUT2D eigenvalue weighted by Gasteiger charge is -2.16. The maximum atomic E-state index is 11.2. The first kappa shape index (κ1) is 15.7. The predicted molar refractivity (Wildman–Crippen MR) is 75.8 cm³/mol. The van der Waals surface area contributed by atoms with Crippen molar-refractivity contribution in [2.24, 2.45) is 5.11 Å². The number of azide groups is 1. The average Bonchev–Trinajstić information content (AvgIpc) is 3.02. The van der Waals surface area contributed by atoms with Crippen molar-refractivity contribution in [2.75, 3.05) is 0 Å². The van der Waals surface area contributed by atoms with Gasteiger partial charge in [0.25, 0.3) is 0 Å². The third kappa shape index (κ3) is 2.54. The predicted octanol–water partition coefficient (Wildman–Crippen LogP) is 1.15. The second kappa shape index (κ2) is 5.80. The molecule has 1 saturated heterocycles. The zero-order chi connectivity index (χ0) is 16.7. The Kier molecular flexibility index (Phi) is 3.96. The highest BCUT2D eigenvalue weighted by atomic mass is 35.5. The number of aliphatic hydroxyl groups excluding tert-OH is 1. The second-order valence-electron chi connectivity index (χ2n) is 4.58. The summed E-state index contributed by atoms with van der Waals surface area (Å²) < 4.78 is 6.55.